The summed E-state index contributed by atoms with van der Waals surface area (Å²) in [5, 5.41) is 0. The quantitative estimate of drug-likeness (QED) is 0.602. The number of rotatable bonds is 7. The minimum absolute atomic E-state index is 0.228. The number of Topliss-reactive ketones (excluding diaryl/α,β-unsaturated/α-hetero) is 1. The molecule has 1 aliphatic rings. The van der Waals surface area contributed by atoms with Crippen LogP contribution in [0.1, 0.15) is 80.6 Å². The molecule has 1 nitrogen and oxygen atoms in total. The van der Waals surface area contributed by atoms with Gasteiger partial charge in [0, 0.05) is 11.5 Å². The number of carbonyl (C=O) groups is 1. The molecule has 0 spiro atoms. The predicted octanol–water partition coefficient (Wildman–Crippen LogP) is 5.35. The Bertz CT molecular complexity index is 411. The van der Waals surface area contributed by atoms with E-state index in [1.165, 1.54) is 24.8 Å². The largest absolute Gasteiger partial charge is 0.294 e. The van der Waals surface area contributed by atoms with Gasteiger partial charge in [0.2, 0.25) is 0 Å². The number of carbonyl (C=O) groups excluding carboxylic acids is 1. The monoisotopic (exact) mass is 258 g/mol. The van der Waals surface area contributed by atoms with Crippen molar-refractivity contribution in [3.63, 3.8) is 0 Å². The SMILES string of the molecule is CCCC(CCC)C(=O)c1cccc(C2CCC2)c1. The Labute approximate surface area is 117 Å². The van der Waals surface area contributed by atoms with Gasteiger partial charge < -0.3 is 0 Å². The van der Waals surface area contributed by atoms with Crippen molar-refractivity contribution in [2.75, 3.05) is 0 Å². The molecule has 0 N–H and O–H groups in total. The third-order valence-electron chi connectivity index (χ3n) is 4.39. The summed E-state index contributed by atoms with van der Waals surface area (Å²) < 4.78 is 0. The van der Waals surface area contributed by atoms with Gasteiger partial charge in [-0.25, -0.2) is 0 Å². The molecule has 0 unspecified atom stereocenters. The summed E-state index contributed by atoms with van der Waals surface area (Å²) in [6.07, 6.45) is 8.19. The van der Waals surface area contributed by atoms with Crippen molar-refractivity contribution in [1.29, 1.82) is 0 Å². The van der Waals surface area contributed by atoms with Gasteiger partial charge in [0.1, 0.15) is 0 Å². The van der Waals surface area contributed by atoms with E-state index in [9.17, 15) is 4.79 Å². The zero-order valence-corrected chi connectivity index (χ0v) is 12.3. The number of benzene rings is 1. The van der Waals surface area contributed by atoms with Gasteiger partial charge in [0.25, 0.3) is 0 Å². The third kappa shape index (κ3) is 3.46. The second-order valence-electron chi connectivity index (χ2n) is 5.89. The highest BCUT2D eigenvalue weighted by molar-refractivity contribution is 5.98. The fourth-order valence-corrected chi connectivity index (χ4v) is 3.03. The highest BCUT2D eigenvalue weighted by atomic mass is 16.1. The molecule has 0 heterocycles. The molecular weight excluding hydrogens is 232 g/mol. The molecular formula is C18H26O. The van der Waals surface area contributed by atoms with Crippen LogP contribution in [0.25, 0.3) is 0 Å². The maximum Gasteiger partial charge on any atom is 0.165 e. The van der Waals surface area contributed by atoms with Crippen LogP contribution in [0.3, 0.4) is 0 Å². The van der Waals surface area contributed by atoms with Gasteiger partial charge in [-0.15, -0.1) is 0 Å². The average Bonchev–Trinajstić information content (AvgIpc) is 2.36. The molecule has 0 amide bonds. The lowest BCUT2D eigenvalue weighted by Crippen LogP contribution is -2.16. The van der Waals surface area contributed by atoms with Gasteiger partial charge in [0.05, 0.1) is 0 Å². The Morgan fingerprint density at radius 1 is 1.21 bits per heavy atom. The summed E-state index contributed by atoms with van der Waals surface area (Å²) in [5.41, 5.74) is 2.32. The normalized spacial score (nSPS) is 15.5. The molecule has 1 aromatic rings. The molecule has 104 valence electrons. The van der Waals surface area contributed by atoms with Crippen LogP contribution >= 0.6 is 0 Å². The lowest BCUT2D eigenvalue weighted by atomic mass is 9.79. The van der Waals surface area contributed by atoms with Crippen LogP contribution in [0.5, 0.6) is 0 Å². The van der Waals surface area contributed by atoms with Crippen LogP contribution < -0.4 is 0 Å². The van der Waals surface area contributed by atoms with Crippen LogP contribution in [0, 0.1) is 5.92 Å². The first kappa shape index (κ1) is 14.3. The molecule has 19 heavy (non-hydrogen) atoms. The zero-order valence-electron chi connectivity index (χ0n) is 12.3. The molecule has 0 atom stereocenters. The van der Waals surface area contributed by atoms with E-state index in [4.69, 9.17) is 0 Å². The van der Waals surface area contributed by atoms with E-state index in [0.29, 0.717) is 11.7 Å². The van der Waals surface area contributed by atoms with E-state index in [1.54, 1.807) is 0 Å². The standard InChI is InChI=1S/C18H26O/c1-3-7-15(8-4-2)18(19)17-12-6-11-16(13-17)14-9-5-10-14/h6,11-15H,3-5,7-10H2,1-2H3. The van der Waals surface area contributed by atoms with Gasteiger partial charge in [-0.2, -0.15) is 0 Å². The number of hydrogen-bond donors (Lipinski definition) is 0. The fraction of sp³-hybridized carbons (Fsp3) is 0.611. The average molecular weight is 258 g/mol. The van der Waals surface area contributed by atoms with Gasteiger partial charge in [0.15, 0.2) is 5.78 Å². The minimum Gasteiger partial charge on any atom is -0.294 e. The van der Waals surface area contributed by atoms with Crippen LogP contribution in [0.15, 0.2) is 24.3 Å². The highest BCUT2D eigenvalue weighted by Crippen LogP contribution is 2.36. The molecule has 0 aliphatic heterocycles. The van der Waals surface area contributed by atoms with Crippen LogP contribution in [0.4, 0.5) is 0 Å². The molecule has 0 aromatic heterocycles. The summed E-state index contributed by atoms with van der Waals surface area (Å²) in [5.74, 6) is 1.31. The van der Waals surface area contributed by atoms with Crippen molar-refractivity contribution >= 4 is 5.78 Å². The highest BCUT2D eigenvalue weighted by Gasteiger charge is 2.22. The molecule has 1 aliphatic carbocycles. The van der Waals surface area contributed by atoms with E-state index >= 15 is 0 Å². The summed E-state index contributed by atoms with van der Waals surface area (Å²) >= 11 is 0. The lowest BCUT2D eigenvalue weighted by molar-refractivity contribution is 0.0904. The second kappa shape index (κ2) is 6.88. The Kier molecular flexibility index (Phi) is 5.18. The zero-order chi connectivity index (χ0) is 13.7. The Morgan fingerprint density at radius 3 is 2.42 bits per heavy atom. The Balaban J connectivity index is 2.12. The van der Waals surface area contributed by atoms with E-state index in [-0.39, 0.29) is 5.92 Å². The molecule has 2 rings (SSSR count). The van der Waals surface area contributed by atoms with Crippen molar-refractivity contribution in [2.24, 2.45) is 5.92 Å². The second-order valence-corrected chi connectivity index (χ2v) is 5.89. The minimum atomic E-state index is 0.228. The topological polar surface area (TPSA) is 17.1 Å². The first-order valence-corrected chi connectivity index (χ1v) is 7.90. The van der Waals surface area contributed by atoms with Crippen molar-refractivity contribution < 1.29 is 4.79 Å². The van der Waals surface area contributed by atoms with Crippen molar-refractivity contribution in [3.8, 4) is 0 Å². The molecule has 0 radical (unpaired) electrons. The number of hydrogen-bond acceptors (Lipinski definition) is 1. The van der Waals surface area contributed by atoms with E-state index < -0.39 is 0 Å². The Morgan fingerprint density at radius 2 is 1.89 bits per heavy atom. The van der Waals surface area contributed by atoms with E-state index in [0.717, 1.165) is 31.2 Å². The molecule has 1 aromatic carbocycles. The fourth-order valence-electron chi connectivity index (χ4n) is 3.03. The molecule has 1 saturated carbocycles. The molecule has 1 heteroatoms. The summed E-state index contributed by atoms with van der Waals surface area (Å²) in [7, 11) is 0. The summed E-state index contributed by atoms with van der Waals surface area (Å²) in [6.45, 7) is 4.33. The smallest absolute Gasteiger partial charge is 0.165 e. The van der Waals surface area contributed by atoms with Crippen molar-refractivity contribution in [1.82, 2.24) is 0 Å². The van der Waals surface area contributed by atoms with Crippen LogP contribution in [-0.4, -0.2) is 5.78 Å². The van der Waals surface area contributed by atoms with Crippen molar-refractivity contribution in [2.45, 2.75) is 64.7 Å². The van der Waals surface area contributed by atoms with E-state index in [1.807, 2.05) is 6.07 Å². The van der Waals surface area contributed by atoms with Crippen LogP contribution in [-0.2, 0) is 0 Å². The lowest BCUT2D eigenvalue weighted by Gasteiger charge is -2.26. The third-order valence-corrected chi connectivity index (χ3v) is 4.39. The van der Waals surface area contributed by atoms with Gasteiger partial charge in [-0.1, -0.05) is 51.3 Å². The molecule has 0 saturated heterocycles. The molecule has 0 bridgehead atoms. The maximum atomic E-state index is 12.6. The first-order chi connectivity index (χ1) is 9.26. The first-order valence-electron chi connectivity index (χ1n) is 7.90. The van der Waals surface area contributed by atoms with Gasteiger partial charge in [-0.3, -0.25) is 4.79 Å². The summed E-state index contributed by atoms with van der Waals surface area (Å²) in [4.78, 5) is 12.6. The predicted molar refractivity (Wildman–Crippen MR) is 80.7 cm³/mol. The van der Waals surface area contributed by atoms with Crippen molar-refractivity contribution in [3.05, 3.63) is 35.4 Å². The van der Waals surface area contributed by atoms with E-state index in [2.05, 4.69) is 32.0 Å². The number of ketones is 1. The van der Waals surface area contributed by atoms with Gasteiger partial charge >= 0.3 is 0 Å². The Hall–Kier alpha value is -1.11. The van der Waals surface area contributed by atoms with Crippen LogP contribution in [0.2, 0.25) is 0 Å². The molecule has 1 fully saturated rings. The van der Waals surface area contributed by atoms with Gasteiger partial charge in [-0.05, 0) is 43.2 Å². The summed E-state index contributed by atoms with van der Waals surface area (Å²) in [6, 6.07) is 8.42. The maximum absolute atomic E-state index is 12.6.